The molecule has 1 saturated heterocycles. The Balaban J connectivity index is 1.93. The van der Waals surface area contributed by atoms with E-state index in [1.807, 2.05) is 0 Å². The van der Waals surface area contributed by atoms with Gasteiger partial charge in [0.25, 0.3) is 0 Å². The molecule has 3 nitrogen and oxygen atoms in total. The van der Waals surface area contributed by atoms with Crippen molar-refractivity contribution in [3.05, 3.63) is 0 Å². The zero-order chi connectivity index (χ0) is 13.1. The highest BCUT2D eigenvalue weighted by Crippen LogP contribution is 2.33. The molecule has 2 N–H and O–H groups in total. The number of nitrogens with two attached hydrogens (primary N) is 1. The molecule has 3 unspecified atom stereocenters. The molecule has 1 heterocycles. The molecule has 2 rings (SSSR count). The monoisotopic (exact) mass is 254 g/mol. The van der Waals surface area contributed by atoms with Crippen molar-refractivity contribution in [3.8, 4) is 0 Å². The van der Waals surface area contributed by atoms with E-state index < -0.39 is 0 Å². The Morgan fingerprint density at radius 3 is 2.39 bits per heavy atom. The smallest absolute Gasteiger partial charge is 0.0747 e. The van der Waals surface area contributed by atoms with E-state index in [1.165, 1.54) is 38.6 Å². The van der Waals surface area contributed by atoms with Crippen molar-refractivity contribution < 1.29 is 4.74 Å². The molecular weight excluding hydrogens is 224 g/mol. The Morgan fingerprint density at radius 1 is 1.22 bits per heavy atom. The summed E-state index contributed by atoms with van der Waals surface area (Å²) >= 11 is 0. The van der Waals surface area contributed by atoms with Gasteiger partial charge in [0.05, 0.1) is 12.2 Å². The van der Waals surface area contributed by atoms with Crippen LogP contribution in [0.25, 0.3) is 0 Å². The maximum Gasteiger partial charge on any atom is 0.0747 e. The Bertz CT molecular complexity index is 253. The van der Waals surface area contributed by atoms with E-state index in [-0.39, 0.29) is 0 Å². The standard InChI is InChI=1S/C15H30N2O/c1-11(2)8-9-17(13-5-6-13)14(10-16)15-7-4-12(3)18-15/h11-15H,4-10,16H2,1-3H3. The summed E-state index contributed by atoms with van der Waals surface area (Å²) in [6.45, 7) is 8.72. The quantitative estimate of drug-likeness (QED) is 0.758. The van der Waals surface area contributed by atoms with Gasteiger partial charge in [-0.25, -0.2) is 0 Å². The van der Waals surface area contributed by atoms with Crippen LogP contribution in [0.1, 0.15) is 52.9 Å². The predicted molar refractivity (Wildman–Crippen MR) is 75.6 cm³/mol. The van der Waals surface area contributed by atoms with Gasteiger partial charge < -0.3 is 10.5 Å². The summed E-state index contributed by atoms with van der Waals surface area (Å²) in [6.07, 6.45) is 7.17. The van der Waals surface area contributed by atoms with Crippen LogP contribution in [0.15, 0.2) is 0 Å². The van der Waals surface area contributed by atoms with Gasteiger partial charge in [0.1, 0.15) is 0 Å². The number of hydrogen-bond acceptors (Lipinski definition) is 3. The summed E-state index contributed by atoms with van der Waals surface area (Å²) in [5.41, 5.74) is 6.05. The van der Waals surface area contributed by atoms with Crippen LogP contribution in [-0.2, 0) is 4.74 Å². The first-order valence-corrected chi connectivity index (χ1v) is 7.73. The SMILES string of the molecule is CC(C)CCN(C1CC1)C(CN)C1CCC(C)O1. The molecule has 3 atom stereocenters. The van der Waals surface area contributed by atoms with Crippen LogP contribution in [-0.4, -0.2) is 42.3 Å². The van der Waals surface area contributed by atoms with Crippen molar-refractivity contribution in [2.75, 3.05) is 13.1 Å². The molecule has 0 aromatic rings. The summed E-state index contributed by atoms with van der Waals surface area (Å²) in [5, 5.41) is 0. The number of nitrogens with zero attached hydrogens (tertiary/aromatic N) is 1. The van der Waals surface area contributed by atoms with Crippen LogP contribution in [0.5, 0.6) is 0 Å². The molecule has 3 heteroatoms. The fourth-order valence-corrected chi connectivity index (χ4v) is 3.05. The Labute approximate surface area is 112 Å². The van der Waals surface area contributed by atoms with E-state index in [4.69, 9.17) is 10.5 Å². The zero-order valence-electron chi connectivity index (χ0n) is 12.3. The van der Waals surface area contributed by atoms with Crippen LogP contribution < -0.4 is 5.73 Å². The molecule has 0 radical (unpaired) electrons. The second-order valence-corrected chi connectivity index (χ2v) is 6.52. The first-order chi connectivity index (χ1) is 8.61. The number of hydrogen-bond donors (Lipinski definition) is 1. The number of ether oxygens (including phenoxy) is 1. The van der Waals surface area contributed by atoms with Gasteiger partial charge in [0.2, 0.25) is 0 Å². The fourth-order valence-electron chi connectivity index (χ4n) is 3.05. The second-order valence-electron chi connectivity index (χ2n) is 6.52. The molecule has 2 fully saturated rings. The average Bonchev–Trinajstić information content (AvgIpc) is 3.07. The lowest BCUT2D eigenvalue weighted by molar-refractivity contribution is -0.00820. The highest BCUT2D eigenvalue weighted by molar-refractivity contribution is 4.94. The van der Waals surface area contributed by atoms with Gasteiger partial charge in [-0.3, -0.25) is 4.90 Å². The van der Waals surface area contributed by atoms with Gasteiger partial charge in [-0.1, -0.05) is 13.8 Å². The molecular formula is C15H30N2O. The molecule has 1 saturated carbocycles. The van der Waals surface area contributed by atoms with Crippen molar-refractivity contribution in [3.63, 3.8) is 0 Å². The van der Waals surface area contributed by atoms with Gasteiger partial charge >= 0.3 is 0 Å². The van der Waals surface area contributed by atoms with Crippen molar-refractivity contribution in [2.45, 2.75) is 77.2 Å². The van der Waals surface area contributed by atoms with Crippen molar-refractivity contribution in [2.24, 2.45) is 11.7 Å². The molecule has 106 valence electrons. The number of rotatable bonds is 7. The highest BCUT2D eigenvalue weighted by atomic mass is 16.5. The Hall–Kier alpha value is -0.120. The minimum Gasteiger partial charge on any atom is -0.374 e. The van der Waals surface area contributed by atoms with E-state index in [0.29, 0.717) is 18.2 Å². The van der Waals surface area contributed by atoms with E-state index in [9.17, 15) is 0 Å². The van der Waals surface area contributed by atoms with Crippen molar-refractivity contribution in [1.29, 1.82) is 0 Å². The normalized spacial score (nSPS) is 30.3. The van der Waals surface area contributed by atoms with Crippen LogP contribution in [0.3, 0.4) is 0 Å². The molecule has 0 aromatic carbocycles. The summed E-state index contributed by atoms with van der Waals surface area (Å²) in [5.74, 6) is 0.771. The zero-order valence-corrected chi connectivity index (χ0v) is 12.3. The minimum atomic E-state index is 0.373. The summed E-state index contributed by atoms with van der Waals surface area (Å²) < 4.78 is 6.06. The molecule has 0 bridgehead atoms. The van der Waals surface area contributed by atoms with Crippen LogP contribution in [0.2, 0.25) is 0 Å². The summed E-state index contributed by atoms with van der Waals surface area (Å²) in [4.78, 5) is 2.66. The topological polar surface area (TPSA) is 38.5 Å². The highest BCUT2D eigenvalue weighted by Gasteiger charge is 2.39. The maximum absolute atomic E-state index is 6.06. The van der Waals surface area contributed by atoms with Gasteiger partial charge in [0.15, 0.2) is 0 Å². The third kappa shape index (κ3) is 3.69. The van der Waals surface area contributed by atoms with E-state index >= 15 is 0 Å². The lowest BCUT2D eigenvalue weighted by atomic mass is 10.0. The van der Waals surface area contributed by atoms with E-state index in [1.54, 1.807) is 0 Å². The van der Waals surface area contributed by atoms with Gasteiger partial charge in [-0.15, -0.1) is 0 Å². The van der Waals surface area contributed by atoms with E-state index in [0.717, 1.165) is 18.5 Å². The molecule has 0 spiro atoms. The summed E-state index contributed by atoms with van der Waals surface area (Å²) in [6, 6.07) is 1.23. The van der Waals surface area contributed by atoms with Crippen molar-refractivity contribution >= 4 is 0 Å². The third-order valence-corrected chi connectivity index (χ3v) is 4.34. The van der Waals surface area contributed by atoms with Gasteiger partial charge in [-0.05, 0) is 51.5 Å². The first-order valence-electron chi connectivity index (χ1n) is 7.73. The van der Waals surface area contributed by atoms with Crippen LogP contribution in [0.4, 0.5) is 0 Å². The van der Waals surface area contributed by atoms with Crippen LogP contribution >= 0.6 is 0 Å². The maximum atomic E-state index is 6.06. The predicted octanol–water partition coefficient (Wildman–Crippen LogP) is 2.39. The molecule has 1 aliphatic heterocycles. The molecule has 0 amide bonds. The van der Waals surface area contributed by atoms with Gasteiger partial charge in [-0.2, -0.15) is 0 Å². The minimum absolute atomic E-state index is 0.373. The Morgan fingerprint density at radius 2 is 1.94 bits per heavy atom. The summed E-state index contributed by atoms with van der Waals surface area (Å²) in [7, 11) is 0. The van der Waals surface area contributed by atoms with Crippen molar-refractivity contribution in [1.82, 2.24) is 4.90 Å². The average molecular weight is 254 g/mol. The lowest BCUT2D eigenvalue weighted by Gasteiger charge is -2.35. The Kier molecular flexibility index (Phi) is 5.05. The molecule has 1 aliphatic carbocycles. The molecule has 0 aromatic heterocycles. The first kappa shape index (κ1) is 14.3. The second kappa shape index (κ2) is 6.36. The lowest BCUT2D eigenvalue weighted by Crippen LogP contribution is -2.50. The molecule has 18 heavy (non-hydrogen) atoms. The molecule has 2 aliphatic rings. The largest absolute Gasteiger partial charge is 0.374 e. The van der Waals surface area contributed by atoms with E-state index in [2.05, 4.69) is 25.7 Å². The van der Waals surface area contributed by atoms with Crippen LogP contribution in [0, 0.1) is 5.92 Å². The van der Waals surface area contributed by atoms with Gasteiger partial charge in [0, 0.05) is 18.6 Å². The fraction of sp³-hybridized carbons (Fsp3) is 1.00. The third-order valence-electron chi connectivity index (χ3n) is 4.34.